The molecule has 0 atom stereocenters. The summed E-state index contributed by atoms with van der Waals surface area (Å²) in [7, 11) is 0. The Labute approximate surface area is 125 Å². The van der Waals surface area contributed by atoms with Crippen molar-refractivity contribution in [1.82, 2.24) is 10.2 Å². The van der Waals surface area contributed by atoms with E-state index in [0.717, 1.165) is 48.9 Å². The van der Waals surface area contributed by atoms with Gasteiger partial charge in [-0.3, -0.25) is 0 Å². The van der Waals surface area contributed by atoms with Crippen molar-refractivity contribution in [2.24, 2.45) is 0 Å². The van der Waals surface area contributed by atoms with Gasteiger partial charge in [-0.15, -0.1) is 10.2 Å². The fourth-order valence-corrected chi connectivity index (χ4v) is 2.85. The molecule has 0 saturated carbocycles. The minimum Gasteiger partial charge on any atom is -0.398 e. The molecule has 22 heavy (non-hydrogen) atoms. The predicted molar refractivity (Wildman–Crippen MR) is 77.9 cm³/mol. The number of nitrogen functional groups attached to an aromatic ring is 2. The van der Waals surface area contributed by atoms with Gasteiger partial charge in [0.05, 0.1) is 11.3 Å². The van der Waals surface area contributed by atoms with Crippen LogP contribution in [-0.4, -0.2) is 10.2 Å². The zero-order valence-electron chi connectivity index (χ0n) is 11.7. The third-order valence-electron chi connectivity index (χ3n) is 3.95. The van der Waals surface area contributed by atoms with E-state index in [0.29, 0.717) is 17.1 Å². The van der Waals surface area contributed by atoms with Crippen molar-refractivity contribution in [3.8, 4) is 11.3 Å². The molecular weight excluding hydrogens is 293 g/mol. The highest BCUT2D eigenvalue weighted by Gasteiger charge is 2.31. The Morgan fingerprint density at radius 3 is 2.27 bits per heavy atom. The summed E-state index contributed by atoms with van der Waals surface area (Å²) in [5.41, 5.74) is 13.8. The highest BCUT2D eigenvalue weighted by molar-refractivity contribution is 5.78. The number of benzene rings is 1. The SMILES string of the molecule is Nc1cc(C(F)(F)F)ccc1-c1nnc(N)c2c1CCCC2. The lowest BCUT2D eigenvalue weighted by atomic mass is 9.89. The van der Waals surface area contributed by atoms with Crippen LogP contribution in [-0.2, 0) is 19.0 Å². The second-order valence-corrected chi connectivity index (χ2v) is 5.40. The first-order valence-corrected chi connectivity index (χ1v) is 6.99. The Morgan fingerprint density at radius 1 is 0.955 bits per heavy atom. The molecule has 0 radical (unpaired) electrons. The molecule has 0 bridgehead atoms. The molecule has 7 heteroatoms. The molecule has 1 aliphatic carbocycles. The van der Waals surface area contributed by atoms with Crippen molar-refractivity contribution in [2.75, 3.05) is 11.5 Å². The molecule has 0 unspecified atom stereocenters. The molecule has 0 fully saturated rings. The largest absolute Gasteiger partial charge is 0.416 e. The van der Waals surface area contributed by atoms with Gasteiger partial charge in [-0.2, -0.15) is 13.2 Å². The van der Waals surface area contributed by atoms with Gasteiger partial charge in [0.15, 0.2) is 0 Å². The minimum absolute atomic E-state index is 0.0432. The lowest BCUT2D eigenvalue weighted by molar-refractivity contribution is -0.137. The average molecular weight is 308 g/mol. The summed E-state index contributed by atoms with van der Waals surface area (Å²) in [6, 6.07) is 3.30. The monoisotopic (exact) mass is 308 g/mol. The molecule has 2 aromatic rings. The van der Waals surface area contributed by atoms with Crippen LogP contribution in [0, 0.1) is 0 Å². The van der Waals surface area contributed by atoms with Gasteiger partial charge in [0.2, 0.25) is 0 Å². The molecule has 0 saturated heterocycles. The number of nitrogens with two attached hydrogens (primary N) is 2. The number of alkyl halides is 3. The number of fused-ring (bicyclic) bond motifs is 1. The molecule has 0 aliphatic heterocycles. The van der Waals surface area contributed by atoms with E-state index in [4.69, 9.17) is 11.5 Å². The number of hydrogen-bond acceptors (Lipinski definition) is 4. The Morgan fingerprint density at radius 2 is 1.64 bits per heavy atom. The number of hydrogen-bond donors (Lipinski definition) is 2. The molecule has 116 valence electrons. The second-order valence-electron chi connectivity index (χ2n) is 5.40. The van der Waals surface area contributed by atoms with Gasteiger partial charge in [-0.25, -0.2) is 0 Å². The predicted octanol–water partition coefficient (Wildman–Crippen LogP) is 3.21. The fraction of sp³-hybridized carbons (Fsp3) is 0.333. The first-order valence-electron chi connectivity index (χ1n) is 6.99. The van der Waals surface area contributed by atoms with Crippen molar-refractivity contribution in [3.05, 3.63) is 34.9 Å². The van der Waals surface area contributed by atoms with E-state index in [-0.39, 0.29) is 5.69 Å². The van der Waals surface area contributed by atoms with Crippen molar-refractivity contribution < 1.29 is 13.2 Å². The molecule has 1 heterocycles. The van der Waals surface area contributed by atoms with Crippen LogP contribution in [0.15, 0.2) is 18.2 Å². The van der Waals surface area contributed by atoms with E-state index in [2.05, 4.69) is 10.2 Å². The topological polar surface area (TPSA) is 77.8 Å². The van der Waals surface area contributed by atoms with E-state index in [9.17, 15) is 13.2 Å². The van der Waals surface area contributed by atoms with Gasteiger partial charge < -0.3 is 11.5 Å². The number of nitrogens with zero attached hydrogens (tertiary/aromatic N) is 2. The van der Waals surface area contributed by atoms with Crippen LogP contribution in [0.25, 0.3) is 11.3 Å². The maximum atomic E-state index is 12.7. The van der Waals surface area contributed by atoms with E-state index < -0.39 is 11.7 Å². The molecule has 0 spiro atoms. The van der Waals surface area contributed by atoms with Crippen LogP contribution in [0.3, 0.4) is 0 Å². The quantitative estimate of drug-likeness (QED) is 0.793. The van der Waals surface area contributed by atoms with Crippen molar-refractivity contribution in [2.45, 2.75) is 31.9 Å². The third-order valence-corrected chi connectivity index (χ3v) is 3.95. The number of anilines is 2. The van der Waals surface area contributed by atoms with Crippen LogP contribution in [0.1, 0.15) is 29.5 Å². The summed E-state index contributed by atoms with van der Waals surface area (Å²) in [6.45, 7) is 0. The van der Waals surface area contributed by atoms with Gasteiger partial charge in [0.1, 0.15) is 5.82 Å². The Balaban J connectivity index is 2.13. The molecule has 4 N–H and O–H groups in total. The number of rotatable bonds is 1. The van der Waals surface area contributed by atoms with E-state index in [1.165, 1.54) is 6.07 Å². The van der Waals surface area contributed by atoms with Gasteiger partial charge in [0.25, 0.3) is 0 Å². The van der Waals surface area contributed by atoms with Crippen molar-refractivity contribution in [3.63, 3.8) is 0 Å². The van der Waals surface area contributed by atoms with E-state index in [1.54, 1.807) is 0 Å². The molecule has 4 nitrogen and oxygen atoms in total. The zero-order chi connectivity index (χ0) is 15.9. The highest BCUT2D eigenvalue weighted by atomic mass is 19.4. The van der Waals surface area contributed by atoms with Crippen LogP contribution in [0.4, 0.5) is 24.7 Å². The molecule has 0 amide bonds. The van der Waals surface area contributed by atoms with Crippen molar-refractivity contribution >= 4 is 11.5 Å². The van der Waals surface area contributed by atoms with Gasteiger partial charge in [0, 0.05) is 16.8 Å². The third kappa shape index (κ3) is 2.47. The standard InChI is InChI=1S/C15H15F3N4/c16-15(17,18)8-5-6-11(12(19)7-8)13-9-3-1-2-4-10(9)14(20)22-21-13/h5-7H,1-4,19H2,(H2,20,22). The lowest BCUT2D eigenvalue weighted by Gasteiger charge is -2.20. The fourth-order valence-electron chi connectivity index (χ4n) is 2.85. The maximum absolute atomic E-state index is 12.7. The highest BCUT2D eigenvalue weighted by Crippen LogP contribution is 2.37. The summed E-state index contributed by atoms with van der Waals surface area (Å²) in [4.78, 5) is 0. The number of aromatic nitrogens is 2. The summed E-state index contributed by atoms with van der Waals surface area (Å²) in [5, 5.41) is 8.01. The first kappa shape index (κ1) is 14.6. The maximum Gasteiger partial charge on any atom is 0.416 e. The summed E-state index contributed by atoms with van der Waals surface area (Å²) >= 11 is 0. The first-order chi connectivity index (χ1) is 10.4. The summed E-state index contributed by atoms with van der Waals surface area (Å²) in [5.74, 6) is 0.393. The average Bonchev–Trinajstić information content (AvgIpc) is 2.47. The van der Waals surface area contributed by atoms with Crippen LogP contribution in [0.2, 0.25) is 0 Å². The normalized spacial score (nSPS) is 14.7. The van der Waals surface area contributed by atoms with E-state index in [1.807, 2.05) is 0 Å². The van der Waals surface area contributed by atoms with Crippen molar-refractivity contribution in [1.29, 1.82) is 0 Å². The molecule has 1 aliphatic rings. The Hall–Kier alpha value is -2.31. The molecular formula is C15H15F3N4. The van der Waals surface area contributed by atoms with Gasteiger partial charge in [-0.05, 0) is 43.4 Å². The van der Waals surface area contributed by atoms with Crippen LogP contribution >= 0.6 is 0 Å². The molecule has 1 aromatic carbocycles. The Bertz CT molecular complexity index is 725. The number of halogens is 3. The summed E-state index contributed by atoms with van der Waals surface area (Å²) in [6.07, 6.45) is -0.815. The summed E-state index contributed by atoms with van der Waals surface area (Å²) < 4.78 is 38.2. The van der Waals surface area contributed by atoms with Crippen LogP contribution in [0.5, 0.6) is 0 Å². The van der Waals surface area contributed by atoms with Gasteiger partial charge in [-0.1, -0.05) is 6.07 Å². The van der Waals surface area contributed by atoms with Crippen LogP contribution < -0.4 is 11.5 Å². The Kier molecular flexibility index (Phi) is 3.42. The zero-order valence-corrected chi connectivity index (χ0v) is 11.7. The lowest BCUT2D eigenvalue weighted by Crippen LogP contribution is -2.12. The molecule has 3 rings (SSSR count). The van der Waals surface area contributed by atoms with E-state index >= 15 is 0 Å². The molecule has 1 aromatic heterocycles. The van der Waals surface area contributed by atoms with Gasteiger partial charge >= 0.3 is 6.18 Å². The minimum atomic E-state index is -4.42. The second kappa shape index (κ2) is 5.15. The smallest absolute Gasteiger partial charge is 0.398 e.